The van der Waals surface area contributed by atoms with Gasteiger partial charge in [0.25, 0.3) is 0 Å². The summed E-state index contributed by atoms with van der Waals surface area (Å²) in [6.45, 7) is 0.265. The Morgan fingerprint density at radius 3 is 3.14 bits per heavy atom. The van der Waals surface area contributed by atoms with Crippen LogP contribution in [0.1, 0.15) is 12.6 Å². The molecule has 0 aliphatic carbocycles. The van der Waals surface area contributed by atoms with Crippen LogP contribution in [0.3, 0.4) is 0 Å². The van der Waals surface area contributed by atoms with Gasteiger partial charge in [0.15, 0.2) is 10.9 Å². The van der Waals surface area contributed by atoms with E-state index in [1.807, 2.05) is 0 Å². The van der Waals surface area contributed by atoms with Crippen molar-refractivity contribution in [2.45, 2.75) is 30.5 Å². The smallest absolute Gasteiger partial charge is 0.166 e. The van der Waals surface area contributed by atoms with Crippen molar-refractivity contribution in [1.29, 1.82) is 0 Å². The van der Waals surface area contributed by atoms with E-state index in [4.69, 9.17) is 21.7 Å². The highest BCUT2D eigenvalue weighted by molar-refractivity contribution is 7.71. The summed E-state index contributed by atoms with van der Waals surface area (Å²) >= 11 is 5.12. The van der Waals surface area contributed by atoms with E-state index in [1.165, 1.54) is 6.33 Å². The molecule has 0 unspecified atom stereocenters. The molecule has 3 N–H and O–H groups in total. The monoisotopic (exact) mass is 310 g/mol. The third-order valence-electron chi connectivity index (χ3n) is 4.22. The zero-order valence-electron chi connectivity index (χ0n) is 11.0. The molecular formula is C12H14N4O4S. The lowest BCUT2D eigenvalue weighted by Gasteiger charge is -2.24. The van der Waals surface area contributed by atoms with Crippen LogP contribution in [0, 0.1) is 4.64 Å². The number of aliphatic hydroxyl groups is 2. The minimum atomic E-state index is -0.896. The second kappa shape index (κ2) is 4.55. The second-order valence-electron chi connectivity index (χ2n) is 5.32. The summed E-state index contributed by atoms with van der Waals surface area (Å²) in [7, 11) is 0. The van der Waals surface area contributed by atoms with Gasteiger partial charge >= 0.3 is 0 Å². The average molecular weight is 310 g/mol. The number of hydrogen-bond acceptors (Lipinski definition) is 7. The topological polar surface area (TPSA) is 105 Å². The number of aromatic nitrogens is 4. The number of H-pyrrole nitrogens is 1. The van der Waals surface area contributed by atoms with Crippen molar-refractivity contribution in [3.05, 3.63) is 17.3 Å². The Labute approximate surface area is 124 Å². The van der Waals surface area contributed by atoms with Gasteiger partial charge in [0.1, 0.15) is 29.0 Å². The van der Waals surface area contributed by atoms with Crippen molar-refractivity contribution in [1.82, 2.24) is 19.5 Å². The normalized spacial score (nSPS) is 35.4. The molecule has 2 saturated heterocycles. The maximum Gasteiger partial charge on any atom is 0.166 e. The zero-order valence-corrected chi connectivity index (χ0v) is 11.8. The molecule has 2 fully saturated rings. The van der Waals surface area contributed by atoms with Crippen molar-refractivity contribution in [3.63, 3.8) is 0 Å². The van der Waals surface area contributed by atoms with Crippen LogP contribution in [0.2, 0.25) is 0 Å². The van der Waals surface area contributed by atoms with Crippen LogP contribution < -0.4 is 0 Å². The molecule has 0 spiro atoms. The number of ether oxygens (including phenoxy) is 2. The first kappa shape index (κ1) is 13.3. The summed E-state index contributed by atoms with van der Waals surface area (Å²) in [6.07, 6.45) is 1.43. The minimum Gasteiger partial charge on any atom is -0.393 e. The summed E-state index contributed by atoms with van der Waals surface area (Å²) in [5, 5.41) is 20.1. The Bertz CT molecular complexity index is 746. The summed E-state index contributed by atoms with van der Waals surface area (Å²) < 4.78 is 13.5. The fraction of sp³-hybridized carbons (Fsp3) is 0.583. The van der Waals surface area contributed by atoms with E-state index < -0.39 is 24.0 Å². The zero-order chi connectivity index (χ0) is 14.6. The predicted octanol–water partition coefficient (Wildman–Crippen LogP) is -0.101. The van der Waals surface area contributed by atoms with Crippen molar-refractivity contribution >= 4 is 23.4 Å². The van der Waals surface area contributed by atoms with Crippen LogP contribution >= 0.6 is 12.2 Å². The highest BCUT2D eigenvalue weighted by Crippen LogP contribution is 2.45. The van der Waals surface area contributed by atoms with Crippen LogP contribution in [-0.2, 0) is 9.47 Å². The lowest BCUT2D eigenvalue weighted by Crippen LogP contribution is -2.42. The Balaban J connectivity index is 1.80. The van der Waals surface area contributed by atoms with Crippen LogP contribution in [0.5, 0.6) is 0 Å². The molecular weight excluding hydrogens is 296 g/mol. The molecule has 21 heavy (non-hydrogen) atoms. The minimum absolute atomic E-state index is 0.199. The maximum atomic E-state index is 10.5. The molecule has 0 radical (unpaired) electrons. The lowest BCUT2D eigenvalue weighted by molar-refractivity contribution is -0.108. The van der Waals surface area contributed by atoms with E-state index in [0.717, 1.165) is 0 Å². The Kier molecular flexibility index (Phi) is 2.88. The molecule has 2 aliphatic heterocycles. The Morgan fingerprint density at radius 1 is 1.52 bits per heavy atom. The fourth-order valence-electron chi connectivity index (χ4n) is 3.14. The molecule has 0 amide bonds. The van der Waals surface area contributed by atoms with Gasteiger partial charge in [0.2, 0.25) is 0 Å². The quantitative estimate of drug-likeness (QED) is 0.665. The summed E-state index contributed by atoms with van der Waals surface area (Å²) in [4.78, 5) is 11.1. The number of nitrogens with zero attached hydrogens (tertiary/aromatic N) is 3. The van der Waals surface area contributed by atoms with Gasteiger partial charge in [-0.1, -0.05) is 12.2 Å². The van der Waals surface area contributed by atoms with Gasteiger partial charge in [-0.05, 0) is 0 Å². The number of aliphatic hydroxyl groups excluding tert-OH is 2. The van der Waals surface area contributed by atoms with Crippen LogP contribution in [0.25, 0.3) is 11.2 Å². The highest BCUT2D eigenvalue weighted by atomic mass is 32.1. The van der Waals surface area contributed by atoms with Gasteiger partial charge in [-0.2, -0.15) is 0 Å². The Morgan fingerprint density at radius 2 is 2.38 bits per heavy atom. The molecule has 4 heterocycles. The summed E-state index contributed by atoms with van der Waals surface area (Å²) in [6, 6.07) is 0. The molecule has 2 aromatic heterocycles. The molecule has 2 aromatic rings. The van der Waals surface area contributed by atoms with Gasteiger partial charge < -0.3 is 24.7 Å². The number of imidazole rings is 1. The van der Waals surface area contributed by atoms with Crippen LogP contribution in [0.15, 0.2) is 12.7 Å². The highest BCUT2D eigenvalue weighted by Gasteiger charge is 2.58. The van der Waals surface area contributed by atoms with E-state index in [2.05, 4.69) is 15.0 Å². The molecule has 8 nitrogen and oxygen atoms in total. The second-order valence-corrected chi connectivity index (χ2v) is 5.71. The number of fused-ring (bicyclic) bond motifs is 2. The van der Waals surface area contributed by atoms with Crippen molar-refractivity contribution in [2.24, 2.45) is 0 Å². The van der Waals surface area contributed by atoms with Crippen molar-refractivity contribution in [3.8, 4) is 0 Å². The van der Waals surface area contributed by atoms with Crippen molar-refractivity contribution < 1.29 is 19.7 Å². The third kappa shape index (κ3) is 1.72. The van der Waals surface area contributed by atoms with E-state index in [9.17, 15) is 10.2 Å². The Hall–Kier alpha value is -1.39. The lowest BCUT2D eigenvalue weighted by atomic mass is 9.95. The molecule has 0 saturated carbocycles. The van der Waals surface area contributed by atoms with Gasteiger partial charge in [0.05, 0.1) is 25.9 Å². The van der Waals surface area contributed by atoms with Crippen molar-refractivity contribution in [2.75, 3.05) is 13.2 Å². The number of hydrogen-bond donors (Lipinski definition) is 3. The summed E-state index contributed by atoms with van der Waals surface area (Å²) in [5.74, 6) is 0. The number of rotatable bonds is 2. The standard InChI is InChI=1S/C12H14N4O4S/c17-3-12-1-2-19-8(12)7(18)11(20-12)16-5-15-6-9(16)13-4-14-10(6)21/h4-5,7-8,11,17-18H,1-3H2,(H,13,14,21)/t7-,8+,11-,12-/m1/s1. The fourth-order valence-corrected chi connectivity index (χ4v) is 3.34. The van der Waals surface area contributed by atoms with E-state index in [0.29, 0.717) is 28.8 Å². The van der Waals surface area contributed by atoms with E-state index >= 15 is 0 Å². The summed E-state index contributed by atoms with van der Waals surface area (Å²) in [5.41, 5.74) is 0.302. The maximum absolute atomic E-state index is 10.5. The van der Waals surface area contributed by atoms with Gasteiger partial charge in [0, 0.05) is 6.42 Å². The van der Waals surface area contributed by atoms with Crippen LogP contribution in [0.4, 0.5) is 0 Å². The first-order chi connectivity index (χ1) is 10.2. The molecule has 112 valence electrons. The predicted molar refractivity (Wildman–Crippen MR) is 73.0 cm³/mol. The first-order valence-electron chi connectivity index (χ1n) is 6.65. The largest absolute Gasteiger partial charge is 0.393 e. The third-order valence-corrected chi connectivity index (χ3v) is 4.52. The van der Waals surface area contributed by atoms with Crippen LogP contribution in [-0.4, -0.2) is 60.8 Å². The molecule has 0 bridgehead atoms. The van der Waals surface area contributed by atoms with Gasteiger partial charge in [-0.25, -0.2) is 9.97 Å². The molecule has 4 rings (SSSR count). The SMILES string of the molecule is OC[C@]12CCO[C@H]1[C@@H](O)[C@H](n1cnc3c(=S)nc[nH]c31)O2. The van der Waals surface area contributed by atoms with Gasteiger partial charge in [-0.3, -0.25) is 4.57 Å². The van der Waals surface area contributed by atoms with E-state index in [-0.39, 0.29) is 6.61 Å². The average Bonchev–Trinajstić information content (AvgIpc) is 3.14. The molecule has 0 aromatic carbocycles. The first-order valence-corrected chi connectivity index (χ1v) is 7.06. The number of nitrogens with one attached hydrogen (secondary N) is 1. The number of aromatic amines is 1. The molecule has 9 heteroatoms. The van der Waals surface area contributed by atoms with E-state index in [1.54, 1.807) is 10.9 Å². The molecule has 2 aliphatic rings. The van der Waals surface area contributed by atoms with Gasteiger partial charge in [-0.15, -0.1) is 0 Å². The molecule has 4 atom stereocenters.